The highest BCUT2D eigenvalue weighted by atomic mass is 16.5. The number of hydrogen-bond acceptors (Lipinski definition) is 4. The highest BCUT2D eigenvalue weighted by Gasteiger charge is 2.34. The Hall–Kier alpha value is -3.35. The van der Waals surface area contributed by atoms with Gasteiger partial charge in [0.25, 0.3) is 5.91 Å². The summed E-state index contributed by atoms with van der Waals surface area (Å²) in [6.07, 6.45) is 0.189. The molecule has 0 aromatic heterocycles. The molecule has 1 aliphatic heterocycles. The van der Waals surface area contributed by atoms with E-state index in [-0.39, 0.29) is 37.2 Å². The smallest absolute Gasteiger partial charge is 0.255 e. The predicted octanol–water partition coefficient (Wildman–Crippen LogP) is 1.59. The molecule has 1 atom stereocenters. The maximum Gasteiger partial charge on any atom is 0.255 e. The van der Waals surface area contributed by atoms with E-state index in [0.717, 1.165) is 5.69 Å². The van der Waals surface area contributed by atoms with E-state index >= 15 is 0 Å². The summed E-state index contributed by atoms with van der Waals surface area (Å²) in [6, 6.07) is 16.2. The van der Waals surface area contributed by atoms with Gasteiger partial charge in [-0.1, -0.05) is 30.3 Å². The third kappa shape index (κ3) is 4.49. The molecule has 1 heterocycles. The molecule has 1 fully saturated rings. The first kappa shape index (κ1) is 19.4. The van der Waals surface area contributed by atoms with Crippen LogP contribution in [0.3, 0.4) is 0 Å². The minimum Gasteiger partial charge on any atom is -0.496 e. The number of rotatable bonds is 7. The summed E-state index contributed by atoms with van der Waals surface area (Å²) in [5.74, 6) is -0.403. The number of carbonyl (C=O) groups is 3. The van der Waals surface area contributed by atoms with Crippen molar-refractivity contribution in [3.63, 3.8) is 0 Å². The molecule has 2 aromatic rings. The van der Waals surface area contributed by atoms with Crippen LogP contribution < -0.4 is 20.3 Å². The van der Waals surface area contributed by atoms with E-state index in [1.54, 1.807) is 29.2 Å². The molecule has 28 heavy (non-hydrogen) atoms. The van der Waals surface area contributed by atoms with Crippen LogP contribution >= 0.6 is 0 Å². The molecule has 7 nitrogen and oxygen atoms in total. The van der Waals surface area contributed by atoms with E-state index in [4.69, 9.17) is 4.74 Å². The fraction of sp³-hybridized carbons (Fsp3) is 0.286. The zero-order chi connectivity index (χ0) is 19.9. The zero-order valence-electron chi connectivity index (χ0n) is 15.7. The molecule has 7 heteroatoms. The second kappa shape index (κ2) is 9.03. The zero-order valence-corrected chi connectivity index (χ0v) is 15.7. The molecule has 0 saturated carbocycles. The third-order valence-electron chi connectivity index (χ3n) is 4.63. The van der Waals surface area contributed by atoms with Gasteiger partial charge in [0.05, 0.1) is 18.6 Å². The average molecular weight is 381 g/mol. The molecular formula is C21H23N3O4. The lowest BCUT2D eigenvalue weighted by molar-refractivity contribution is -0.126. The predicted molar refractivity (Wildman–Crippen MR) is 105 cm³/mol. The van der Waals surface area contributed by atoms with E-state index < -0.39 is 5.92 Å². The van der Waals surface area contributed by atoms with Crippen LogP contribution in [-0.2, 0) is 9.59 Å². The van der Waals surface area contributed by atoms with Gasteiger partial charge in [-0.3, -0.25) is 14.4 Å². The van der Waals surface area contributed by atoms with Crippen molar-refractivity contribution in [2.75, 3.05) is 31.6 Å². The second-order valence-electron chi connectivity index (χ2n) is 6.49. The Labute approximate surface area is 163 Å². The number of anilines is 1. The maximum absolute atomic E-state index is 12.4. The average Bonchev–Trinajstić information content (AvgIpc) is 3.13. The molecule has 3 rings (SSSR count). The molecule has 1 saturated heterocycles. The van der Waals surface area contributed by atoms with Gasteiger partial charge < -0.3 is 20.3 Å². The largest absolute Gasteiger partial charge is 0.496 e. The Bertz CT molecular complexity index is 854. The van der Waals surface area contributed by atoms with E-state index in [2.05, 4.69) is 10.6 Å². The van der Waals surface area contributed by atoms with Gasteiger partial charge in [0.1, 0.15) is 5.75 Å². The first-order chi connectivity index (χ1) is 13.6. The molecule has 1 unspecified atom stereocenters. The quantitative estimate of drug-likeness (QED) is 0.713. The highest BCUT2D eigenvalue weighted by Crippen LogP contribution is 2.24. The minimum atomic E-state index is -0.391. The molecule has 0 aliphatic carbocycles. The Morgan fingerprint density at radius 3 is 2.46 bits per heavy atom. The molecule has 0 bridgehead atoms. The third-order valence-corrected chi connectivity index (χ3v) is 4.63. The number of para-hydroxylation sites is 2. The number of nitrogens with one attached hydrogen (secondary N) is 2. The van der Waals surface area contributed by atoms with Gasteiger partial charge in [0.2, 0.25) is 11.8 Å². The molecule has 2 N–H and O–H groups in total. The monoisotopic (exact) mass is 381 g/mol. The summed E-state index contributed by atoms with van der Waals surface area (Å²) in [5, 5.41) is 5.54. The first-order valence-corrected chi connectivity index (χ1v) is 9.14. The fourth-order valence-electron chi connectivity index (χ4n) is 3.17. The van der Waals surface area contributed by atoms with Crippen LogP contribution in [0, 0.1) is 5.92 Å². The molecule has 2 aromatic carbocycles. The van der Waals surface area contributed by atoms with Crippen LogP contribution in [-0.4, -0.2) is 44.5 Å². The number of carbonyl (C=O) groups excluding carboxylic acids is 3. The van der Waals surface area contributed by atoms with E-state index in [1.807, 2.05) is 30.3 Å². The van der Waals surface area contributed by atoms with E-state index in [9.17, 15) is 14.4 Å². The summed E-state index contributed by atoms with van der Waals surface area (Å²) < 4.78 is 5.17. The number of ether oxygens (including phenoxy) is 1. The molecule has 0 radical (unpaired) electrons. The van der Waals surface area contributed by atoms with Crippen molar-refractivity contribution in [1.82, 2.24) is 10.6 Å². The van der Waals surface area contributed by atoms with Crippen LogP contribution in [0.2, 0.25) is 0 Å². The second-order valence-corrected chi connectivity index (χ2v) is 6.49. The SMILES string of the molecule is COc1ccccc1C(=O)NCCNC(=O)C1CC(=O)N(c2ccccc2)C1. The normalized spacial score (nSPS) is 16.0. The van der Waals surface area contributed by atoms with Crippen LogP contribution in [0.5, 0.6) is 5.75 Å². The van der Waals surface area contributed by atoms with Crippen molar-refractivity contribution in [3.8, 4) is 5.75 Å². The van der Waals surface area contributed by atoms with E-state index in [1.165, 1.54) is 7.11 Å². The van der Waals surface area contributed by atoms with Gasteiger partial charge in [-0.15, -0.1) is 0 Å². The Morgan fingerprint density at radius 2 is 1.71 bits per heavy atom. The van der Waals surface area contributed by atoms with Gasteiger partial charge in [-0.25, -0.2) is 0 Å². The fourth-order valence-corrected chi connectivity index (χ4v) is 3.17. The lowest BCUT2D eigenvalue weighted by atomic mass is 10.1. The summed E-state index contributed by atoms with van der Waals surface area (Å²) in [7, 11) is 1.51. The minimum absolute atomic E-state index is 0.0594. The summed E-state index contributed by atoms with van der Waals surface area (Å²) in [5.41, 5.74) is 1.24. The Balaban J connectivity index is 1.45. The van der Waals surface area contributed by atoms with Crippen LogP contribution in [0.25, 0.3) is 0 Å². The molecule has 0 spiro atoms. The maximum atomic E-state index is 12.4. The van der Waals surface area contributed by atoms with Gasteiger partial charge in [-0.2, -0.15) is 0 Å². The lowest BCUT2D eigenvalue weighted by Crippen LogP contribution is -2.38. The highest BCUT2D eigenvalue weighted by molar-refractivity contribution is 6.00. The summed E-state index contributed by atoms with van der Waals surface area (Å²) in [6.45, 7) is 0.934. The van der Waals surface area contributed by atoms with Crippen molar-refractivity contribution in [2.24, 2.45) is 5.92 Å². The number of benzene rings is 2. The number of hydrogen-bond donors (Lipinski definition) is 2. The summed E-state index contributed by atoms with van der Waals surface area (Å²) >= 11 is 0. The van der Waals surface area contributed by atoms with E-state index in [0.29, 0.717) is 17.9 Å². The standard InChI is InChI=1S/C21H23N3O4/c1-28-18-10-6-5-9-17(18)21(27)23-12-11-22-20(26)15-13-19(25)24(14-15)16-7-3-2-4-8-16/h2-10,15H,11-14H2,1H3,(H,22,26)(H,23,27). The lowest BCUT2D eigenvalue weighted by Gasteiger charge is -2.16. The van der Waals surface area contributed by atoms with Gasteiger partial charge in [0.15, 0.2) is 0 Å². The Morgan fingerprint density at radius 1 is 1.04 bits per heavy atom. The van der Waals surface area contributed by atoms with Crippen LogP contribution in [0.1, 0.15) is 16.8 Å². The Kier molecular flexibility index (Phi) is 6.26. The van der Waals surface area contributed by atoms with Crippen molar-refractivity contribution < 1.29 is 19.1 Å². The van der Waals surface area contributed by atoms with Gasteiger partial charge >= 0.3 is 0 Å². The van der Waals surface area contributed by atoms with Crippen molar-refractivity contribution in [3.05, 3.63) is 60.2 Å². The first-order valence-electron chi connectivity index (χ1n) is 9.14. The topological polar surface area (TPSA) is 87.7 Å². The van der Waals surface area contributed by atoms with Crippen LogP contribution in [0.15, 0.2) is 54.6 Å². The van der Waals surface area contributed by atoms with Crippen molar-refractivity contribution in [2.45, 2.75) is 6.42 Å². The number of nitrogens with zero attached hydrogens (tertiary/aromatic N) is 1. The molecular weight excluding hydrogens is 358 g/mol. The van der Waals surface area contributed by atoms with Crippen LogP contribution in [0.4, 0.5) is 5.69 Å². The number of amides is 3. The van der Waals surface area contributed by atoms with Crippen molar-refractivity contribution in [1.29, 1.82) is 0 Å². The molecule has 1 aliphatic rings. The van der Waals surface area contributed by atoms with Crippen molar-refractivity contribution >= 4 is 23.4 Å². The number of methoxy groups -OCH3 is 1. The summed E-state index contributed by atoms with van der Waals surface area (Å²) in [4.78, 5) is 38.4. The molecule has 146 valence electrons. The van der Waals surface area contributed by atoms with Gasteiger partial charge in [0, 0.05) is 31.7 Å². The molecule has 3 amide bonds. The van der Waals surface area contributed by atoms with Gasteiger partial charge in [-0.05, 0) is 24.3 Å².